The van der Waals surface area contributed by atoms with E-state index in [9.17, 15) is 4.79 Å². The van der Waals surface area contributed by atoms with Crippen LogP contribution >= 0.6 is 0 Å². The maximum Gasteiger partial charge on any atom is 0.337 e. The Kier molecular flexibility index (Phi) is 3.62. The van der Waals surface area contributed by atoms with Gasteiger partial charge in [-0.25, -0.2) is 9.78 Å². The number of carbonyl (C=O) groups is 1. The van der Waals surface area contributed by atoms with E-state index < -0.39 is 5.97 Å². The fourth-order valence-electron chi connectivity index (χ4n) is 1.79. The van der Waals surface area contributed by atoms with E-state index in [2.05, 4.69) is 10.3 Å². The van der Waals surface area contributed by atoms with Crippen LogP contribution in [-0.4, -0.2) is 20.6 Å². The maximum absolute atomic E-state index is 11.0. The number of rotatable bonds is 5. The summed E-state index contributed by atoms with van der Waals surface area (Å²) < 4.78 is 2.01. The van der Waals surface area contributed by atoms with Crippen molar-refractivity contribution in [2.75, 3.05) is 5.32 Å². The summed E-state index contributed by atoms with van der Waals surface area (Å²) in [7, 11) is 0. The molecule has 18 heavy (non-hydrogen) atoms. The van der Waals surface area contributed by atoms with Gasteiger partial charge in [-0.05, 0) is 19.1 Å². The maximum atomic E-state index is 11.0. The van der Waals surface area contributed by atoms with E-state index >= 15 is 0 Å². The van der Waals surface area contributed by atoms with Crippen molar-refractivity contribution in [1.29, 1.82) is 0 Å². The molecule has 1 aromatic carbocycles. The molecule has 0 spiro atoms. The highest BCUT2D eigenvalue weighted by Gasteiger charge is 2.09. The third-order valence-corrected chi connectivity index (χ3v) is 2.76. The Morgan fingerprint density at radius 1 is 1.44 bits per heavy atom. The fourth-order valence-corrected chi connectivity index (χ4v) is 1.79. The quantitative estimate of drug-likeness (QED) is 0.847. The molecule has 0 unspecified atom stereocenters. The van der Waals surface area contributed by atoms with Gasteiger partial charge in [-0.15, -0.1) is 0 Å². The first-order valence-electron chi connectivity index (χ1n) is 5.77. The highest BCUT2D eigenvalue weighted by atomic mass is 16.4. The Bertz CT molecular complexity index is 549. The van der Waals surface area contributed by atoms with Gasteiger partial charge in [0.15, 0.2) is 0 Å². The molecule has 0 aliphatic carbocycles. The van der Waals surface area contributed by atoms with E-state index in [-0.39, 0.29) is 5.56 Å². The zero-order valence-electron chi connectivity index (χ0n) is 10.1. The highest BCUT2D eigenvalue weighted by Crippen LogP contribution is 2.16. The number of benzene rings is 1. The molecule has 94 valence electrons. The Hall–Kier alpha value is -2.30. The van der Waals surface area contributed by atoms with E-state index in [1.165, 1.54) is 0 Å². The minimum atomic E-state index is -0.929. The molecule has 0 saturated heterocycles. The molecule has 0 aliphatic heterocycles. The van der Waals surface area contributed by atoms with E-state index in [0.717, 1.165) is 12.2 Å². The first-order valence-corrected chi connectivity index (χ1v) is 5.77. The minimum absolute atomic E-state index is 0.278. The van der Waals surface area contributed by atoms with E-state index in [0.29, 0.717) is 12.2 Å². The number of nitrogens with zero attached hydrogens (tertiary/aromatic N) is 2. The number of para-hydroxylation sites is 1. The van der Waals surface area contributed by atoms with Crippen LogP contribution in [0.1, 0.15) is 23.0 Å². The van der Waals surface area contributed by atoms with E-state index in [1.54, 1.807) is 30.7 Å². The lowest BCUT2D eigenvalue weighted by Crippen LogP contribution is -2.09. The van der Waals surface area contributed by atoms with Gasteiger partial charge in [-0.3, -0.25) is 0 Å². The fraction of sp³-hybridized carbons (Fsp3) is 0.231. The first-order chi connectivity index (χ1) is 8.72. The Morgan fingerprint density at radius 2 is 2.22 bits per heavy atom. The van der Waals surface area contributed by atoms with Crippen molar-refractivity contribution in [1.82, 2.24) is 9.55 Å². The zero-order chi connectivity index (χ0) is 13.0. The summed E-state index contributed by atoms with van der Waals surface area (Å²) in [6, 6.07) is 6.87. The van der Waals surface area contributed by atoms with Crippen molar-refractivity contribution < 1.29 is 9.90 Å². The number of aryl methyl sites for hydroxylation is 1. The van der Waals surface area contributed by atoms with Crippen molar-refractivity contribution in [2.45, 2.75) is 20.0 Å². The predicted octanol–water partition coefficient (Wildman–Crippen LogP) is 2.21. The van der Waals surface area contributed by atoms with Gasteiger partial charge in [-0.2, -0.15) is 0 Å². The van der Waals surface area contributed by atoms with Crippen LogP contribution in [0.25, 0.3) is 0 Å². The molecule has 0 radical (unpaired) electrons. The molecule has 0 amide bonds. The second-order valence-corrected chi connectivity index (χ2v) is 3.88. The number of carboxylic acids is 1. The predicted molar refractivity (Wildman–Crippen MR) is 68.6 cm³/mol. The molecule has 0 atom stereocenters. The normalized spacial score (nSPS) is 10.3. The van der Waals surface area contributed by atoms with Gasteiger partial charge in [0, 0.05) is 18.4 Å². The molecular weight excluding hydrogens is 230 g/mol. The summed E-state index contributed by atoms with van der Waals surface area (Å²) in [6.45, 7) is 3.44. The SMILES string of the molecule is CCn1cncc1CNc1ccccc1C(=O)O. The summed E-state index contributed by atoms with van der Waals surface area (Å²) in [5.41, 5.74) is 1.92. The summed E-state index contributed by atoms with van der Waals surface area (Å²) in [4.78, 5) is 15.1. The minimum Gasteiger partial charge on any atom is -0.478 e. The average Bonchev–Trinajstić information content (AvgIpc) is 2.84. The standard InChI is InChI=1S/C13H15N3O2/c1-2-16-9-14-7-10(16)8-15-12-6-4-3-5-11(12)13(17)18/h3-7,9,15H,2,8H2,1H3,(H,17,18). The number of aromatic nitrogens is 2. The lowest BCUT2D eigenvalue weighted by atomic mass is 10.2. The topological polar surface area (TPSA) is 67.2 Å². The van der Waals surface area contributed by atoms with Gasteiger partial charge in [0.2, 0.25) is 0 Å². The highest BCUT2D eigenvalue weighted by molar-refractivity contribution is 5.94. The van der Waals surface area contributed by atoms with Crippen LogP contribution in [0, 0.1) is 0 Å². The number of nitrogens with one attached hydrogen (secondary N) is 1. The van der Waals surface area contributed by atoms with Gasteiger partial charge in [-0.1, -0.05) is 12.1 Å². The number of hydrogen-bond donors (Lipinski definition) is 2. The molecule has 5 heteroatoms. The summed E-state index contributed by atoms with van der Waals surface area (Å²) in [5.74, 6) is -0.929. The number of carboxylic acid groups (broad SMARTS) is 1. The zero-order valence-corrected chi connectivity index (χ0v) is 10.1. The molecule has 0 aliphatic rings. The molecule has 2 N–H and O–H groups in total. The monoisotopic (exact) mass is 245 g/mol. The van der Waals surface area contributed by atoms with Gasteiger partial charge >= 0.3 is 5.97 Å². The summed E-state index contributed by atoms with van der Waals surface area (Å²) >= 11 is 0. The van der Waals surface area contributed by atoms with Gasteiger partial charge in [0.05, 0.1) is 24.1 Å². The summed E-state index contributed by atoms with van der Waals surface area (Å²) in [5, 5.41) is 12.2. The third-order valence-electron chi connectivity index (χ3n) is 2.76. The Labute approximate surface area is 105 Å². The molecule has 1 aromatic heterocycles. The van der Waals surface area contributed by atoms with Gasteiger partial charge in [0.25, 0.3) is 0 Å². The van der Waals surface area contributed by atoms with E-state index in [1.807, 2.05) is 17.6 Å². The molecule has 0 fully saturated rings. The molecule has 0 saturated carbocycles. The van der Waals surface area contributed by atoms with Crippen molar-refractivity contribution in [2.24, 2.45) is 0 Å². The van der Waals surface area contributed by atoms with Crippen LogP contribution in [0.5, 0.6) is 0 Å². The molecule has 0 bridgehead atoms. The second-order valence-electron chi connectivity index (χ2n) is 3.88. The number of anilines is 1. The van der Waals surface area contributed by atoms with E-state index in [4.69, 9.17) is 5.11 Å². The van der Waals surface area contributed by atoms with Crippen LogP contribution < -0.4 is 5.32 Å². The van der Waals surface area contributed by atoms with Gasteiger partial charge in [0.1, 0.15) is 0 Å². The van der Waals surface area contributed by atoms with Crippen molar-refractivity contribution in [3.63, 3.8) is 0 Å². The van der Waals surface area contributed by atoms with Crippen LogP contribution in [0.3, 0.4) is 0 Å². The molecular formula is C13H15N3O2. The van der Waals surface area contributed by atoms with Crippen molar-refractivity contribution >= 4 is 11.7 Å². The number of hydrogen-bond acceptors (Lipinski definition) is 3. The second kappa shape index (κ2) is 5.35. The van der Waals surface area contributed by atoms with Crippen LogP contribution in [0.15, 0.2) is 36.8 Å². The van der Waals surface area contributed by atoms with Crippen molar-refractivity contribution in [3.8, 4) is 0 Å². The Balaban J connectivity index is 2.13. The first kappa shape index (κ1) is 12.2. The van der Waals surface area contributed by atoms with Crippen LogP contribution in [0.4, 0.5) is 5.69 Å². The third kappa shape index (κ3) is 2.51. The number of aromatic carboxylic acids is 1. The Morgan fingerprint density at radius 3 is 2.94 bits per heavy atom. The number of imidazole rings is 1. The molecule has 1 heterocycles. The lowest BCUT2D eigenvalue weighted by molar-refractivity contribution is 0.0698. The smallest absolute Gasteiger partial charge is 0.337 e. The summed E-state index contributed by atoms with van der Waals surface area (Å²) in [6.07, 6.45) is 3.54. The van der Waals surface area contributed by atoms with Crippen LogP contribution in [0.2, 0.25) is 0 Å². The van der Waals surface area contributed by atoms with Crippen molar-refractivity contribution in [3.05, 3.63) is 48.0 Å². The van der Waals surface area contributed by atoms with Gasteiger partial charge < -0.3 is 15.0 Å². The molecule has 2 rings (SSSR count). The van der Waals surface area contributed by atoms with Crippen LogP contribution in [-0.2, 0) is 13.1 Å². The molecule has 2 aromatic rings. The largest absolute Gasteiger partial charge is 0.478 e. The lowest BCUT2D eigenvalue weighted by Gasteiger charge is -2.10. The average molecular weight is 245 g/mol. The molecule has 5 nitrogen and oxygen atoms in total.